The second kappa shape index (κ2) is 8.10. The zero-order chi connectivity index (χ0) is 21.2. The van der Waals surface area contributed by atoms with Crippen LogP contribution in [0.3, 0.4) is 0 Å². The molecular formula is C20H22N2O5S2. The van der Waals surface area contributed by atoms with Gasteiger partial charge >= 0.3 is 16.3 Å². The maximum atomic E-state index is 12.9. The summed E-state index contributed by atoms with van der Waals surface area (Å²) < 4.78 is 33.3. The van der Waals surface area contributed by atoms with Crippen LogP contribution >= 0.6 is 11.3 Å². The Bertz CT molecular complexity index is 1080. The van der Waals surface area contributed by atoms with Crippen molar-refractivity contribution in [3.05, 3.63) is 59.1 Å². The van der Waals surface area contributed by atoms with E-state index in [1.807, 2.05) is 45.0 Å². The van der Waals surface area contributed by atoms with Crippen LogP contribution in [0, 0.1) is 0 Å². The molecule has 0 saturated heterocycles. The first-order valence-corrected chi connectivity index (χ1v) is 11.2. The van der Waals surface area contributed by atoms with Crippen LogP contribution in [0.15, 0.2) is 48.5 Å². The molecule has 2 aromatic carbocycles. The summed E-state index contributed by atoms with van der Waals surface area (Å²) in [5.41, 5.74) is 1.01. The predicted molar refractivity (Wildman–Crippen MR) is 112 cm³/mol. The fourth-order valence-corrected chi connectivity index (χ4v) is 4.17. The van der Waals surface area contributed by atoms with Gasteiger partial charge in [0.05, 0.1) is 10.2 Å². The zero-order valence-corrected chi connectivity index (χ0v) is 17.9. The predicted octanol–water partition coefficient (Wildman–Crippen LogP) is 3.55. The third-order valence-corrected chi connectivity index (χ3v) is 5.45. The lowest BCUT2D eigenvalue weighted by molar-refractivity contribution is -0.156. The number of para-hydroxylation sites is 1. The lowest BCUT2D eigenvalue weighted by Crippen LogP contribution is -2.28. The van der Waals surface area contributed by atoms with Crippen molar-refractivity contribution >= 4 is 37.8 Å². The maximum absolute atomic E-state index is 12.9. The Morgan fingerprint density at radius 3 is 2.38 bits per heavy atom. The quantitative estimate of drug-likeness (QED) is 0.594. The number of aromatic nitrogens is 1. The van der Waals surface area contributed by atoms with Crippen LogP contribution < -0.4 is 9.32 Å². The first-order chi connectivity index (χ1) is 13.5. The summed E-state index contributed by atoms with van der Waals surface area (Å²) in [5.74, 6) is -0.844. The number of thiazole rings is 1. The van der Waals surface area contributed by atoms with Crippen LogP contribution in [0.4, 0.5) is 0 Å². The molecule has 3 rings (SSSR count). The molecule has 0 aliphatic heterocycles. The minimum Gasteiger partial charge on any atom is -0.459 e. The van der Waals surface area contributed by atoms with Crippen molar-refractivity contribution in [2.75, 3.05) is 0 Å². The van der Waals surface area contributed by atoms with Gasteiger partial charge in [-0.2, -0.15) is 13.6 Å². The number of hydrogen-bond donors (Lipinski definition) is 1. The highest BCUT2D eigenvalue weighted by Crippen LogP contribution is 2.32. The van der Waals surface area contributed by atoms with E-state index >= 15 is 0 Å². The molecule has 1 aromatic heterocycles. The van der Waals surface area contributed by atoms with E-state index in [0.717, 1.165) is 15.8 Å². The summed E-state index contributed by atoms with van der Waals surface area (Å²) in [7, 11) is -4.09. The van der Waals surface area contributed by atoms with Gasteiger partial charge in [0.2, 0.25) is 0 Å². The summed E-state index contributed by atoms with van der Waals surface area (Å²) in [6, 6.07) is 14.0. The van der Waals surface area contributed by atoms with Crippen molar-refractivity contribution in [3.8, 4) is 5.75 Å². The summed E-state index contributed by atoms with van der Waals surface area (Å²) in [4.78, 5) is 17.5. The van der Waals surface area contributed by atoms with Gasteiger partial charge in [-0.3, -0.25) is 4.79 Å². The van der Waals surface area contributed by atoms with E-state index in [2.05, 4.69) is 9.17 Å². The van der Waals surface area contributed by atoms with Crippen LogP contribution in [-0.4, -0.2) is 25.0 Å². The van der Waals surface area contributed by atoms with Crippen LogP contribution in [0.5, 0.6) is 5.75 Å². The minimum absolute atomic E-state index is 0.102. The molecule has 0 aliphatic carbocycles. The Balaban J connectivity index is 1.89. The highest BCUT2D eigenvalue weighted by atomic mass is 32.2. The first-order valence-electron chi connectivity index (χ1n) is 8.90. The van der Waals surface area contributed by atoms with Crippen LogP contribution in [0.1, 0.15) is 37.3 Å². The number of benzene rings is 2. The molecule has 1 atom stereocenters. The molecule has 9 heteroatoms. The van der Waals surface area contributed by atoms with E-state index < -0.39 is 21.8 Å². The smallest absolute Gasteiger partial charge is 0.380 e. The van der Waals surface area contributed by atoms with Crippen LogP contribution in [0.25, 0.3) is 10.2 Å². The second-order valence-electron chi connectivity index (χ2n) is 7.53. The summed E-state index contributed by atoms with van der Waals surface area (Å²) in [5, 5.41) is 5.55. The highest BCUT2D eigenvalue weighted by molar-refractivity contribution is 7.84. The van der Waals surface area contributed by atoms with E-state index in [1.165, 1.54) is 23.5 Å². The molecule has 7 nitrogen and oxygen atoms in total. The van der Waals surface area contributed by atoms with E-state index in [9.17, 15) is 13.2 Å². The number of ether oxygens (including phenoxy) is 1. The molecule has 0 amide bonds. The van der Waals surface area contributed by atoms with Crippen LogP contribution in [-0.2, 0) is 26.3 Å². The Kier molecular flexibility index (Phi) is 5.92. The molecule has 2 N–H and O–H groups in total. The SMILES string of the molecule is CC(C)(C)OC(=O)C(Cc1ccc(OS(N)(=O)=O)cc1)c1nc2ccccc2s1. The molecule has 1 heterocycles. The Morgan fingerprint density at radius 2 is 1.79 bits per heavy atom. The highest BCUT2D eigenvalue weighted by Gasteiger charge is 2.29. The Hall–Kier alpha value is -2.49. The summed E-state index contributed by atoms with van der Waals surface area (Å²) >= 11 is 1.46. The molecule has 0 aliphatic rings. The van der Waals surface area contributed by atoms with Crippen molar-refractivity contribution in [1.82, 2.24) is 4.98 Å². The molecule has 1 unspecified atom stereocenters. The average molecular weight is 435 g/mol. The normalized spacial score (nSPS) is 13.2. The number of rotatable bonds is 6. The van der Waals surface area contributed by atoms with Crippen molar-refractivity contribution in [2.45, 2.75) is 38.7 Å². The lowest BCUT2D eigenvalue weighted by Gasteiger charge is -2.23. The minimum atomic E-state index is -4.09. The van der Waals surface area contributed by atoms with Gasteiger partial charge in [-0.1, -0.05) is 24.3 Å². The fraction of sp³-hybridized carbons (Fsp3) is 0.300. The van der Waals surface area contributed by atoms with Crippen molar-refractivity contribution in [1.29, 1.82) is 0 Å². The van der Waals surface area contributed by atoms with Gasteiger partial charge in [0, 0.05) is 0 Å². The number of nitrogens with zero attached hydrogens (tertiary/aromatic N) is 1. The van der Waals surface area contributed by atoms with Crippen molar-refractivity contribution < 1.29 is 22.1 Å². The number of nitrogens with two attached hydrogens (primary N) is 1. The number of esters is 1. The van der Waals surface area contributed by atoms with E-state index in [1.54, 1.807) is 12.1 Å². The monoisotopic (exact) mass is 434 g/mol. The van der Waals surface area contributed by atoms with Crippen molar-refractivity contribution in [3.63, 3.8) is 0 Å². The first kappa shape index (κ1) is 21.2. The molecule has 0 radical (unpaired) electrons. The zero-order valence-electron chi connectivity index (χ0n) is 16.3. The van der Waals surface area contributed by atoms with Gasteiger partial charge in [-0.15, -0.1) is 11.3 Å². The van der Waals surface area contributed by atoms with Crippen molar-refractivity contribution in [2.24, 2.45) is 5.14 Å². The lowest BCUT2D eigenvalue weighted by atomic mass is 9.99. The Morgan fingerprint density at radius 1 is 1.14 bits per heavy atom. The third-order valence-electron chi connectivity index (χ3n) is 3.88. The van der Waals surface area contributed by atoms with E-state index in [-0.39, 0.29) is 11.7 Å². The number of carbonyl (C=O) groups excluding carboxylic acids is 1. The molecular weight excluding hydrogens is 412 g/mol. The standard InChI is InChI=1S/C20H22N2O5S2/c1-20(2,3)26-19(23)15(18-22-16-6-4-5-7-17(16)28-18)12-13-8-10-14(11-9-13)27-29(21,24)25/h4-11,15H,12H2,1-3H3,(H2,21,24,25). The molecule has 0 spiro atoms. The van der Waals surface area contributed by atoms with E-state index in [4.69, 9.17) is 9.88 Å². The average Bonchev–Trinajstić information content (AvgIpc) is 3.01. The summed E-state index contributed by atoms with van der Waals surface area (Å²) in [6.07, 6.45) is 0.352. The molecule has 0 saturated carbocycles. The molecule has 3 aromatic rings. The van der Waals surface area contributed by atoms with Crippen LogP contribution in [0.2, 0.25) is 0 Å². The topological polar surface area (TPSA) is 109 Å². The van der Waals surface area contributed by atoms with Gasteiger partial charge in [0.15, 0.2) is 0 Å². The molecule has 154 valence electrons. The van der Waals surface area contributed by atoms with E-state index in [0.29, 0.717) is 11.4 Å². The number of carbonyl (C=O) groups is 1. The van der Waals surface area contributed by atoms with Gasteiger partial charge in [0.1, 0.15) is 22.3 Å². The molecule has 0 bridgehead atoms. The Labute approximate surface area is 173 Å². The summed E-state index contributed by atoms with van der Waals surface area (Å²) in [6.45, 7) is 5.46. The second-order valence-corrected chi connectivity index (χ2v) is 9.74. The van der Waals surface area contributed by atoms with Gasteiger partial charge in [-0.25, -0.2) is 4.98 Å². The molecule has 0 fully saturated rings. The van der Waals surface area contributed by atoms with Gasteiger partial charge in [-0.05, 0) is 57.0 Å². The third kappa shape index (κ3) is 5.99. The largest absolute Gasteiger partial charge is 0.459 e. The maximum Gasteiger partial charge on any atom is 0.380 e. The van der Waals surface area contributed by atoms with Gasteiger partial charge in [0.25, 0.3) is 0 Å². The fourth-order valence-electron chi connectivity index (χ4n) is 2.73. The van der Waals surface area contributed by atoms with Gasteiger partial charge < -0.3 is 8.92 Å². The molecule has 29 heavy (non-hydrogen) atoms. The number of hydrogen-bond acceptors (Lipinski definition) is 7. The number of fused-ring (bicyclic) bond motifs is 1.